The van der Waals surface area contributed by atoms with Crippen LogP contribution in [-0.2, 0) is 33.0 Å². The Morgan fingerprint density at radius 3 is 2.44 bits per heavy atom. The third-order valence-corrected chi connectivity index (χ3v) is 9.15. The Kier molecular flexibility index (Phi) is 12.8. The van der Waals surface area contributed by atoms with Gasteiger partial charge in [0.25, 0.3) is 23.6 Å². The van der Waals surface area contributed by atoms with Crippen molar-refractivity contribution in [3.8, 4) is 0 Å². The number of benzene rings is 1. The van der Waals surface area contributed by atoms with E-state index in [1.807, 2.05) is 0 Å². The van der Waals surface area contributed by atoms with Gasteiger partial charge in [0.2, 0.25) is 0 Å². The highest BCUT2D eigenvalue weighted by Crippen LogP contribution is 2.39. The van der Waals surface area contributed by atoms with Crippen molar-refractivity contribution in [2.75, 3.05) is 18.1 Å². The van der Waals surface area contributed by atoms with E-state index in [0.29, 0.717) is 0 Å². The molecule has 0 bridgehead atoms. The van der Waals surface area contributed by atoms with Crippen molar-refractivity contribution in [1.82, 2.24) is 20.2 Å². The SMILES string of the molecule is NC(=O)c1ncn(C2O[C@H](COP(=O)(O)O)[C@@H](O)[C@H]2O)c1/C=C/C(=O)N(CC1=NC2C(=O)NC(N)=NC2C=C1)c1ccc(C(=O)N[C@@H](CCC(=O)O)C(=O)O)cc1. The number of nitrogens with two attached hydrogens (primary N) is 2. The van der Waals surface area contributed by atoms with Crippen molar-refractivity contribution in [2.24, 2.45) is 21.5 Å². The lowest BCUT2D eigenvalue weighted by Gasteiger charge is -2.28. The third-order valence-electron chi connectivity index (χ3n) is 8.67. The van der Waals surface area contributed by atoms with Crippen molar-refractivity contribution >= 4 is 66.8 Å². The predicted molar refractivity (Wildman–Crippen MR) is 192 cm³/mol. The lowest BCUT2D eigenvalue weighted by Crippen LogP contribution is -2.52. The number of primary amides is 1. The number of nitrogens with one attached hydrogen (secondary N) is 2. The maximum atomic E-state index is 14.0. The minimum absolute atomic E-state index is 0.0489. The number of amides is 4. The van der Waals surface area contributed by atoms with Crippen LogP contribution >= 0.6 is 7.82 Å². The second kappa shape index (κ2) is 17.3. The van der Waals surface area contributed by atoms with Crippen LogP contribution < -0.4 is 27.0 Å². The molecule has 1 fully saturated rings. The Hall–Kier alpha value is -6.14. The van der Waals surface area contributed by atoms with Gasteiger partial charge in [-0.2, -0.15) is 0 Å². The van der Waals surface area contributed by atoms with Crippen LogP contribution in [0.2, 0.25) is 0 Å². The summed E-state index contributed by atoms with van der Waals surface area (Å²) < 4.78 is 22.2. The van der Waals surface area contributed by atoms with E-state index in [9.17, 15) is 48.7 Å². The number of imidazole rings is 1. The molecule has 5 rings (SSSR count). The summed E-state index contributed by atoms with van der Waals surface area (Å²) in [5, 5.41) is 44.2. The number of aliphatic hydroxyl groups excluding tert-OH is 2. The summed E-state index contributed by atoms with van der Waals surface area (Å²) in [6.45, 7) is -1.13. The molecule has 2 aromatic rings. The number of phosphoric ester groups is 1. The number of carboxylic acids is 2. The molecule has 0 radical (unpaired) electrons. The molecule has 1 aromatic heterocycles. The van der Waals surface area contributed by atoms with Crippen LogP contribution in [0.5, 0.6) is 0 Å². The van der Waals surface area contributed by atoms with Crippen LogP contribution in [0.15, 0.2) is 58.8 Å². The minimum Gasteiger partial charge on any atom is -0.481 e. The lowest BCUT2D eigenvalue weighted by atomic mass is 10.0. The van der Waals surface area contributed by atoms with Crippen molar-refractivity contribution < 1.29 is 72.8 Å². The fraction of sp³-hybridized carbons (Fsp3) is 0.344. The first-order valence-corrected chi connectivity index (χ1v) is 18.2. The standard InChI is InChI=1S/C32H36N9O15P/c33-27(47)24-19(41(13-35-24)30-26(46)25(45)20(56-30)12-55-57(52,53)54)8-9-21(42)40(11-15-3-6-17-23(36-15)29(49)39-32(34)38-17)16-4-1-14(2-5-16)28(48)37-18(31(50)51)7-10-22(43)44/h1-6,8-9,13,17-18,20,23,25-26,30,45-46H,7,10-12H2,(H2,33,47)(H,37,48)(H,43,44)(H,50,51)(H2,52,53,54)(H3,34,38,39,49)/b9-8+/t17?,18-,20+,23?,25+,26+,30?/m0/s1. The highest BCUT2D eigenvalue weighted by molar-refractivity contribution is 7.46. The fourth-order valence-electron chi connectivity index (χ4n) is 5.88. The van der Waals surface area contributed by atoms with Gasteiger partial charge in [0.1, 0.15) is 30.4 Å². The highest BCUT2D eigenvalue weighted by atomic mass is 31.2. The van der Waals surface area contributed by atoms with Crippen LogP contribution in [0.1, 0.15) is 45.6 Å². The number of carbonyl (C=O) groups excluding carboxylic acids is 4. The highest BCUT2D eigenvalue weighted by Gasteiger charge is 2.45. The van der Waals surface area contributed by atoms with Crippen molar-refractivity contribution in [3.63, 3.8) is 0 Å². The van der Waals surface area contributed by atoms with Crippen LogP contribution in [0.4, 0.5) is 5.69 Å². The summed E-state index contributed by atoms with van der Waals surface area (Å²) in [6.07, 6.45) is -1.19. The molecule has 7 atom stereocenters. The maximum absolute atomic E-state index is 14.0. The first-order chi connectivity index (χ1) is 26.8. The summed E-state index contributed by atoms with van der Waals surface area (Å²) in [4.78, 5) is 106. The van der Waals surface area contributed by atoms with Crippen LogP contribution in [0.3, 0.4) is 0 Å². The number of hydrogen-bond acceptors (Lipinski definition) is 15. The number of anilines is 1. The molecule has 24 nitrogen and oxygen atoms in total. The molecule has 0 spiro atoms. The molecular weight excluding hydrogens is 781 g/mol. The summed E-state index contributed by atoms with van der Waals surface area (Å²) in [6, 6.07) is 1.97. The number of dihydropyridines is 1. The molecule has 12 N–H and O–H groups in total. The molecule has 3 aliphatic heterocycles. The lowest BCUT2D eigenvalue weighted by molar-refractivity contribution is -0.140. The fourth-order valence-corrected chi connectivity index (χ4v) is 6.22. The zero-order chi connectivity index (χ0) is 41.8. The summed E-state index contributed by atoms with van der Waals surface area (Å²) in [7, 11) is -4.99. The summed E-state index contributed by atoms with van der Waals surface area (Å²) >= 11 is 0. The van der Waals surface area contributed by atoms with Crippen LogP contribution in [0, 0.1) is 0 Å². The molecule has 4 heterocycles. The van der Waals surface area contributed by atoms with Gasteiger partial charge < -0.3 is 61.2 Å². The second-order valence-corrected chi connectivity index (χ2v) is 13.8. The number of rotatable bonds is 16. The number of ether oxygens (including phenoxy) is 1. The van der Waals surface area contributed by atoms with Crippen molar-refractivity contribution in [3.05, 3.63) is 65.8 Å². The number of fused-ring (bicyclic) bond motifs is 1. The number of phosphoric acid groups is 1. The molecule has 25 heteroatoms. The molecule has 57 heavy (non-hydrogen) atoms. The van der Waals surface area contributed by atoms with Gasteiger partial charge >= 0.3 is 19.8 Å². The van der Waals surface area contributed by atoms with Gasteiger partial charge in [0.05, 0.1) is 30.9 Å². The maximum Gasteiger partial charge on any atom is 0.469 e. The number of carboxylic acid groups (broad SMARTS) is 2. The Balaban J connectivity index is 1.45. The van der Waals surface area contributed by atoms with Crippen LogP contribution in [-0.4, -0.2) is 137 Å². The molecule has 1 saturated heterocycles. The van der Waals surface area contributed by atoms with Gasteiger partial charge in [-0.1, -0.05) is 6.08 Å². The molecule has 304 valence electrons. The molecule has 1 aromatic carbocycles. The van der Waals surface area contributed by atoms with Gasteiger partial charge in [-0.25, -0.2) is 19.3 Å². The third kappa shape index (κ3) is 10.2. The molecule has 4 amide bonds. The number of hydrogen-bond donors (Lipinski definition) is 10. The Labute approximate surface area is 320 Å². The zero-order valence-electron chi connectivity index (χ0n) is 29.3. The Morgan fingerprint density at radius 2 is 1.81 bits per heavy atom. The van der Waals surface area contributed by atoms with Crippen molar-refractivity contribution in [2.45, 2.75) is 55.5 Å². The molecule has 3 unspecified atom stereocenters. The smallest absolute Gasteiger partial charge is 0.469 e. The van der Waals surface area contributed by atoms with Gasteiger partial charge in [-0.15, -0.1) is 0 Å². The quantitative estimate of drug-likeness (QED) is 0.0596. The first kappa shape index (κ1) is 42.0. The van der Waals surface area contributed by atoms with Crippen LogP contribution in [0.25, 0.3) is 6.08 Å². The first-order valence-electron chi connectivity index (χ1n) is 16.7. The van der Waals surface area contributed by atoms with E-state index in [-0.39, 0.29) is 41.6 Å². The number of aromatic nitrogens is 2. The molecule has 0 aliphatic carbocycles. The van der Waals surface area contributed by atoms with E-state index in [1.165, 1.54) is 30.3 Å². The van der Waals surface area contributed by atoms with E-state index in [2.05, 4.69) is 30.1 Å². The van der Waals surface area contributed by atoms with Gasteiger partial charge in [0, 0.05) is 23.7 Å². The van der Waals surface area contributed by atoms with Gasteiger partial charge in [0.15, 0.2) is 23.9 Å². The van der Waals surface area contributed by atoms with E-state index in [0.717, 1.165) is 27.9 Å². The summed E-state index contributed by atoms with van der Waals surface area (Å²) in [5.41, 5.74) is 10.9. The number of aliphatic carboxylic acids is 2. The van der Waals surface area contributed by atoms with Gasteiger partial charge in [-0.05, 0) is 42.8 Å². The van der Waals surface area contributed by atoms with Gasteiger partial charge in [-0.3, -0.25) is 38.8 Å². The number of aliphatic imine (C=N–C) groups is 2. The number of aliphatic hydroxyl groups is 2. The minimum atomic E-state index is -4.99. The van der Waals surface area contributed by atoms with Crippen molar-refractivity contribution in [1.29, 1.82) is 0 Å². The molecular formula is C32H36N9O15P. The summed E-state index contributed by atoms with van der Waals surface area (Å²) in [5.74, 6) is -6.08. The monoisotopic (exact) mass is 817 g/mol. The predicted octanol–water partition coefficient (Wildman–Crippen LogP) is -3.00. The number of carbonyl (C=O) groups is 6. The molecule has 0 saturated carbocycles. The van der Waals surface area contributed by atoms with E-state index >= 15 is 0 Å². The zero-order valence-corrected chi connectivity index (χ0v) is 30.2. The second-order valence-electron chi connectivity index (χ2n) is 12.6. The Bertz CT molecular complexity index is 2110. The molecule has 3 aliphatic rings. The Morgan fingerprint density at radius 1 is 1.11 bits per heavy atom. The number of nitrogens with zero attached hydrogens (tertiary/aromatic N) is 5. The average Bonchev–Trinajstić information content (AvgIpc) is 3.69. The number of guanidine groups is 1. The van der Waals surface area contributed by atoms with E-state index in [4.69, 9.17) is 31.1 Å². The van der Waals surface area contributed by atoms with E-state index < -0.39 is 105 Å². The topological polar surface area (TPSA) is 381 Å². The normalized spacial score (nSPS) is 23.5. The largest absolute Gasteiger partial charge is 0.481 e. The van der Waals surface area contributed by atoms with E-state index in [1.54, 1.807) is 6.08 Å². The average molecular weight is 818 g/mol.